The first kappa shape index (κ1) is 17.9. The summed E-state index contributed by atoms with van der Waals surface area (Å²) in [6, 6.07) is 13.4. The summed E-state index contributed by atoms with van der Waals surface area (Å²) in [5.41, 5.74) is 2.07. The van der Waals surface area contributed by atoms with Crippen LogP contribution in [0.1, 0.15) is 11.1 Å². The molecular formula is C17H18Cl2N2OS. The van der Waals surface area contributed by atoms with Crippen molar-refractivity contribution in [3.05, 3.63) is 63.6 Å². The first-order valence-corrected chi connectivity index (χ1v) is 8.22. The lowest BCUT2D eigenvalue weighted by atomic mass is 10.2. The Kier molecular flexibility index (Phi) is 6.51. The molecule has 0 saturated heterocycles. The van der Waals surface area contributed by atoms with E-state index in [2.05, 4.69) is 5.32 Å². The molecule has 0 saturated carbocycles. The Balaban J connectivity index is 1.90. The number of nitrogens with zero attached hydrogens (tertiary/aromatic N) is 1. The summed E-state index contributed by atoms with van der Waals surface area (Å²) in [6.45, 7) is 1.24. The number of hydrogen-bond acceptors (Lipinski definition) is 2. The number of methoxy groups -OCH3 is 1. The number of hydrogen-bond donors (Lipinski definition) is 1. The lowest BCUT2D eigenvalue weighted by molar-refractivity contribution is 0.414. The third-order valence-electron chi connectivity index (χ3n) is 3.39. The van der Waals surface area contributed by atoms with E-state index in [1.54, 1.807) is 13.2 Å². The number of nitrogens with one attached hydrogen (secondary N) is 1. The van der Waals surface area contributed by atoms with Crippen LogP contribution >= 0.6 is 35.4 Å². The van der Waals surface area contributed by atoms with Crippen molar-refractivity contribution >= 4 is 40.5 Å². The van der Waals surface area contributed by atoms with Crippen molar-refractivity contribution in [1.82, 2.24) is 10.2 Å². The fourth-order valence-electron chi connectivity index (χ4n) is 2.05. The minimum Gasteiger partial charge on any atom is -0.497 e. The maximum absolute atomic E-state index is 6.21. The van der Waals surface area contributed by atoms with Gasteiger partial charge in [-0.15, -0.1) is 0 Å². The Bertz CT molecular complexity index is 677. The highest BCUT2D eigenvalue weighted by Crippen LogP contribution is 2.26. The van der Waals surface area contributed by atoms with Crippen LogP contribution in [0, 0.1) is 0 Å². The Morgan fingerprint density at radius 3 is 2.52 bits per heavy atom. The molecule has 122 valence electrons. The molecule has 2 aromatic rings. The predicted octanol–water partition coefficient (Wildman–Crippen LogP) is 4.51. The van der Waals surface area contributed by atoms with Crippen molar-refractivity contribution < 1.29 is 4.74 Å². The van der Waals surface area contributed by atoms with Gasteiger partial charge in [-0.25, -0.2) is 0 Å². The van der Waals surface area contributed by atoms with Crippen molar-refractivity contribution in [3.63, 3.8) is 0 Å². The average molecular weight is 369 g/mol. The molecule has 2 aromatic carbocycles. The van der Waals surface area contributed by atoms with Gasteiger partial charge in [0.1, 0.15) is 5.75 Å². The maximum Gasteiger partial charge on any atom is 0.169 e. The summed E-state index contributed by atoms with van der Waals surface area (Å²) in [7, 11) is 3.57. The van der Waals surface area contributed by atoms with Crippen molar-refractivity contribution in [1.29, 1.82) is 0 Å². The third-order valence-corrected chi connectivity index (χ3v) is 4.70. The first-order valence-electron chi connectivity index (χ1n) is 7.06. The summed E-state index contributed by atoms with van der Waals surface area (Å²) in [6.07, 6.45) is 0. The molecule has 0 aliphatic carbocycles. The molecule has 0 amide bonds. The summed E-state index contributed by atoms with van der Waals surface area (Å²) in [4.78, 5) is 1.93. The second-order valence-electron chi connectivity index (χ2n) is 5.08. The number of rotatable bonds is 5. The molecule has 2 rings (SSSR count). The molecular weight excluding hydrogens is 351 g/mol. The van der Waals surface area contributed by atoms with Crippen LogP contribution in [0.2, 0.25) is 10.0 Å². The van der Waals surface area contributed by atoms with E-state index in [0.29, 0.717) is 28.2 Å². The molecule has 0 bridgehead atoms. The fourth-order valence-corrected chi connectivity index (χ4v) is 2.57. The van der Waals surface area contributed by atoms with E-state index < -0.39 is 0 Å². The van der Waals surface area contributed by atoms with Crippen LogP contribution in [0.5, 0.6) is 5.75 Å². The van der Waals surface area contributed by atoms with Gasteiger partial charge in [-0.3, -0.25) is 0 Å². The summed E-state index contributed by atoms with van der Waals surface area (Å²) in [5, 5.41) is 5.00. The summed E-state index contributed by atoms with van der Waals surface area (Å²) in [5.74, 6) is 0.837. The van der Waals surface area contributed by atoms with E-state index in [4.69, 9.17) is 40.2 Å². The van der Waals surface area contributed by atoms with Gasteiger partial charge in [-0.1, -0.05) is 47.5 Å². The largest absolute Gasteiger partial charge is 0.497 e. The van der Waals surface area contributed by atoms with Gasteiger partial charge < -0.3 is 15.0 Å². The molecule has 0 radical (unpaired) electrons. The van der Waals surface area contributed by atoms with E-state index >= 15 is 0 Å². The number of ether oxygens (including phenoxy) is 1. The van der Waals surface area contributed by atoms with Crippen LogP contribution in [-0.2, 0) is 13.1 Å². The Hall–Kier alpha value is -1.49. The number of benzene rings is 2. The van der Waals surface area contributed by atoms with Gasteiger partial charge in [0.15, 0.2) is 5.11 Å². The number of halogens is 2. The Morgan fingerprint density at radius 1 is 1.17 bits per heavy atom. The molecule has 0 unspecified atom stereocenters. The minimum atomic E-state index is 0.551. The topological polar surface area (TPSA) is 24.5 Å². The molecule has 0 fully saturated rings. The quantitative estimate of drug-likeness (QED) is 0.784. The van der Waals surface area contributed by atoms with Gasteiger partial charge in [0.25, 0.3) is 0 Å². The van der Waals surface area contributed by atoms with Gasteiger partial charge in [0.2, 0.25) is 0 Å². The molecule has 1 N–H and O–H groups in total. The maximum atomic E-state index is 6.21. The molecule has 3 nitrogen and oxygen atoms in total. The van der Waals surface area contributed by atoms with Gasteiger partial charge in [-0.2, -0.15) is 0 Å². The molecule has 23 heavy (non-hydrogen) atoms. The second kappa shape index (κ2) is 8.39. The SMILES string of the molecule is COc1ccc(CNC(=S)N(C)Cc2cccc(Cl)c2Cl)cc1. The van der Waals surface area contributed by atoms with Crippen LogP contribution in [-0.4, -0.2) is 24.2 Å². The Morgan fingerprint density at radius 2 is 1.87 bits per heavy atom. The first-order chi connectivity index (χ1) is 11.0. The van der Waals surface area contributed by atoms with Crippen LogP contribution in [0.25, 0.3) is 0 Å². The van der Waals surface area contributed by atoms with Crippen LogP contribution in [0.3, 0.4) is 0 Å². The highest BCUT2D eigenvalue weighted by Gasteiger charge is 2.09. The highest BCUT2D eigenvalue weighted by molar-refractivity contribution is 7.80. The standard InChI is InChI=1S/C17H18Cl2N2OS/c1-21(11-13-4-3-5-15(18)16(13)19)17(23)20-10-12-6-8-14(22-2)9-7-12/h3-9H,10-11H2,1-2H3,(H,20,23). The molecule has 0 atom stereocenters. The van der Waals surface area contributed by atoms with Crippen molar-refractivity contribution in [3.8, 4) is 5.75 Å². The minimum absolute atomic E-state index is 0.551. The molecule has 0 heterocycles. The van der Waals surface area contributed by atoms with Crippen molar-refractivity contribution in [2.45, 2.75) is 13.1 Å². The van der Waals surface area contributed by atoms with Gasteiger partial charge in [0, 0.05) is 20.1 Å². The highest BCUT2D eigenvalue weighted by atomic mass is 35.5. The zero-order chi connectivity index (χ0) is 16.8. The zero-order valence-corrected chi connectivity index (χ0v) is 15.3. The molecule has 0 aliphatic heterocycles. The summed E-state index contributed by atoms with van der Waals surface area (Å²) >= 11 is 17.7. The van der Waals surface area contributed by atoms with E-state index in [-0.39, 0.29) is 0 Å². The predicted molar refractivity (Wildman–Crippen MR) is 100 cm³/mol. The van der Waals surface area contributed by atoms with E-state index in [1.165, 1.54) is 0 Å². The summed E-state index contributed by atoms with van der Waals surface area (Å²) < 4.78 is 5.14. The average Bonchev–Trinajstić information content (AvgIpc) is 2.57. The van der Waals surface area contributed by atoms with Crippen LogP contribution in [0.4, 0.5) is 0 Å². The van der Waals surface area contributed by atoms with Gasteiger partial charge in [0.05, 0.1) is 17.2 Å². The van der Waals surface area contributed by atoms with Crippen LogP contribution in [0.15, 0.2) is 42.5 Å². The van der Waals surface area contributed by atoms with Crippen molar-refractivity contribution in [2.24, 2.45) is 0 Å². The van der Waals surface area contributed by atoms with Crippen molar-refractivity contribution in [2.75, 3.05) is 14.2 Å². The third kappa shape index (κ3) is 4.99. The van der Waals surface area contributed by atoms with Gasteiger partial charge >= 0.3 is 0 Å². The lowest BCUT2D eigenvalue weighted by Gasteiger charge is -2.22. The second-order valence-corrected chi connectivity index (χ2v) is 6.25. The molecule has 6 heteroatoms. The van der Waals surface area contributed by atoms with Crippen LogP contribution < -0.4 is 10.1 Å². The smallest absolute Gasteiger partial charge is 0.169 e. The van der Waals surface area contributed by atoms with E-state index in [0.717, 1.165) is 16.9 Å². The fraction of sp³-hybridized carbons (Fsp3) is 0.235. The molecule has 0 spiro atoms. The molecule has 0 aromatic heterocycles. The zero-order valence-electron chi connectivity index (χ0n) is 13.0. The van der Waals surface area contributed by atoms with E-state index in [9.17, 15) is 0 Å². The van der Waals surface area contributed by atoms with Gasteiger partial charge in [-0.05, 0) is 41.5 Å². The Labute approximate surface area is 152 Å². The van der Waals surface area contributed by atoms with E-state index in [1.807, 2.05) is 48.3 Å². The lowest BCUT2D eigenvalue weighted by Crippen LogP contribution is -2.36. The monoisotopic (exact) mass is 368 g/mol. The molecule has 0 aliphatic rings. The normalized spacial score (nSPS) is 10.3. The number of thiocarbonyl (C=S) groups is 1.